The summed E-state index contributed by atoms with van der Waals surface area (Å²) in [6.07, 6.45) is 0.539. The molecule has 3 rings (SSSR count). The number of hydrogen-bond acceptors (Lipinski definition) is 4. The Bertz CT molecular complexity index is 799. The van der Waals surface area contributed by atoms with E-state index in [0.717, 1.165) is 0 Å². The SMILES string of the molecule is Cc1nc(CCn2c(CCl)nc3cc(Cl)c(F)cc32)no1. The molecule has 0 saturated heterocycles. The van der Waals surface area contributed by atoms with Crippen LogP contribution in [0.4, 0.5) is 4.39 Å². The quantitative estimate of drug-likeness (QED) is 0.688. The molecule has 5 nitrogen and oxygen atoms in total. The Morgan fingerprint density at radius 3 is 2.81 bits per heavy atom. The number of imidazole rings is 1. The molecule has 21 heavy (non-hydrogen) atoms. The number of hydrogen-bond donors (Lipinski definition) is 0. The fourth-order valence-corrected chi connectivity index (χ4v) is 2.54. The van der Waals surface area contributed by atoms with Gasteiger partial charge >= 0.3 is 0 Å². The van der Waals surface area contributed by atoms with Crippen molar-refractivity contribution >= 4 is 34.2 Å². The van der Waals surface area contributed by atoms with Crippen molar-refractivity contribution in [2.24, 2.45) is 0 Å². The second-order valence-corrected chi connectivity index (χ2v) is 5.22. The second-order valence-electron chi connectivity index (χ2n) is 4.55. The number of rotatable bonds is 4. The zero-order chi connectivity index (χ0) is 15.0. The number of benzene rings is 1. The maximum Gasteiger partial charge on any atom is 0.223 e. The highest BCUT2D eigenvalue weighted by atomic mass is 35.5. The fourth-order valence-electron chi connectivity index (χ4n) is 2.18. The van der Waals surface area contributed by atoms with Crippen LogP contribution in [-0.2, 0) is 18.8 Å². The Balaban J connectivity index is 1.97. The Hall–Kier alpha value is -1.66. The molecule has 3 aromatic rings. The van der Waals surface area contributed by atoms with Gasteiger partial charge in [-0.1, -0.05) is 16.8 Å². The molecule has 2 aromatic heterocycles. The predicted octanol–water partition coefficient (Wildman–Crippen LogP) is 3.50. The van der Waals surface area contributed by atoms with Gasteiger partial charge in [-0.3, -0.25) is 0 Å². The summed E-state index contributed by atoms with van der Waals surface area (Å²) in [6.45, 7) is 2.25. The van der Waals surface area contributed by atoms with Gasteiger partial charge in [-0.2, -0.15) is 4.98 Å². The van der Waals surface area contributed by atoms with Crippen molar-refractivity contribution in [2.45, 2.75) is 25.8 Å². The lowest BCUT2D eigenvalue weighted by Gasteiger charge is -2.06. The van der Waals surface area contributed by atoms with Gasteiger partial charge in [0.15, 0.2) is 5.82 Å². The van der Waals surface area contributed by atoms with E-state index < -0.39 is 5.82 Å². The van der Waals surface area contributed by atoms with Gasteiger partial charge < -0.3 is 9.09 Å². The molecule has 0 amide bonds. The van der Waals surface area contributed by atoms with E-state index in [2.05, 4.69) is 15.1 Å². The minimum absolute atomic E-state index is 0.0436. The zero-order valence-electron chi connectivity index (χ0n) is 11.1. The van der Waals surface area contributed by atoms with Crippen LogP contribution in [0.3, 0.4) is 0 Å². The fraction of sp³-hybridized carbons (Fsp3) is 0.308. The maximum atomic E-state index is 13.7. The third-order valence-corrected chi connectivity index (χ3v) is 3.65. The summed E-state index contributed by atoms with van der Waals surface area (Å²) in [5.41, 5.74) is 1.26. The van der Waals surface area contributed by atoms with Gasteiger partial charge in [-0.25, -0.2) is 9.37 Å². The van der Waals surface area contributed by atoms with E-state index in [9.17, 15) is 4.39 Å². The molecule has 110 valence electrons. The molecule has 0 fully saturated rings. The Labute approximate surface area is 129 Å². The number of nitrogens with zero attached hydrogens (tertiary/aromatic N) is 4. The summed E-state index contributed by atoms with van der Waals surface area (Å²) in [7, 11) is 0. The van der Waals surface area contributed by atoms with Crippen molar-refractivity contribution in [1.82, 2.24) is 19.7 Å². The molecule has 0 saturated carbocycles. The summed E-state index contributed by atoms with van der Waals surface area (Å²) in [6, 6.07) is 2.86. The molecule has 0 spiro atoms. The molecule has 0 atom stereocenters. The summed E-state index contributed by atoms with van der Waals surface area (Å²) in [5, 5.41) is 3.88. The van der Waals surface area contributed by atoms with E-state index in [1.807, 2.05) is 4.57 Å². The lowest BCUT2D eigenvalue weighted by molar-refractivity contribution is 0.386. The van der Waals surface area contributed by atoms with Crippen LogP contribution in [0.1, 0.15) is 17.5 Å². The van der Waals surface area contributed by atoms with E-state index in [-0.39, 0.29) is 10.9 Å². The summed E-state index contributed by atoms with van der Waals surface area (Å²) < 4.78 is 20.4. The average molecular weight is 329 g/mol. The lowest BCUT2D eigenvalue weighted by Crippen LogP contribution is -2.06. The number of fused-ring (bicyclic) bond motifs is 1. The van der Waals surface area contributed by atoms with E-state index in [4.69, 9.17) is 27.7 Å². The third-order valence-electron chi connectivity index (χ3n) is 3.12. The predicted molar refractivity (Wildman–Crippen MR) is 77.0 cm³/mol. The largest absolute Gasteiger partial charge is 0.340 e. The maximum absolute atomic E-state index is 13.7. The first-order valence-electron chi connectivity index (χ1n) is 6.28. The Morgan fingerprint density at radius 1 is 1.33 bits per heavy atom. The number of alkyl halides is 1. The average Bonchev–Trinajstić information content (AvgIpc) is 3.01. The van der Waals surface area contributed by atoms with Crippen molar-refractivity contribution in [3.63, 3.8) is 0 Å². The minimum atomic E-state index is -0.484. The second kappa shape index (κ2) is 5.61. The molecule has 0 aliphatic heterocycles. The van der Waals surface area contributed by atoms with Crippen molar-refractivity contribution in [1.29, 1.82) is 0 Å². The van der Waals surface area contributed by atoms with Gasteiger partial charge in [0.2, 0.25) is 5.89 Å². The van der Waals surface area contributed by atoms with Gasteiger partial charge in [-0.15, -0.1) is 11.6 Å². The lowest BCUT2D eigenvalue weighted by atomic mass is 10.3. The first-order chi connectivity index (χ1) is 10.1. The Morgan fingerprint density at radius 2 is 2.14 bits per heavy atom. The molecule has 2 heterocycles. The zero-order valence-corrected chi connectivity index (χ0v) is 12.6. The number of aryl methyl sites for hydroxylation is 3. The van der Waals surface area contributed by atoms with Crippen molar-refractivity contribution in [2.75, 3.05) is 0 Å². The van der Waals surface area contributed by atoms with Crippen LogP contribution in [0.15, 0.2) is 16.7 Å². The van der Waals surface area contributed by atoms with E-state index in [0.29, 0.717) is 41.5 Å². The van der Waals surface area contributed by atoms with E-state index >= 15 is 0 Å². The number of aromatic nitrogens is 4. The molecule has 0 aliphatic rings. The normalized spacial score (nSPS) is 11.4. The highest BCUT2D eigenvalue weighted by Crippen LogP contribution is 2.24. The smallest absolute Gasteiger partial charge is 0.223 e. The highest BCUT2D eigenvalue weighted by Gasteiger charge is 2.14. The van der Waals surface area contributed by atoms with Crippen molar-refractivity contribution in [3.05, 3.63) is 40.5 Å². The van der Waals surface area contributed by atoms with Gasteiger partial charge in [0.05, 0.1) is 21.9 Å². The highest BCUT2D eigenvalue weighted by molar-refractivity contribution is 6.31. The summed E-state index contributed by atoms with van der Waals surface area (Å²) in [5.74, 6) is 1.48. The van der Waals surface area contributed by atoms with Gasteiger partial charge in [0, 0.05) is 26.0 Å². The van der Waals surface area contributed by atoms with Crippen LogP contribution in [-0.4, -0.2) is 19.7 Å². The van der Waals surface area contributed by atoms with Gasteiger partial charge in [0.1, 0.15) is 11.6 Å². The topological polar surface area (TPSA) is 56.7 Å². The summed E-state index contributed by atoms with van der Waals surface area (Å²) in [4.78, 5) is 8.50. The standard InChI is InChI=1S/C13H11Cl2FN4O/c1-7-17-12(19-21-7)2-3-20-11-5-9(16)8(15)4-10(11)18-13(20)6-14/h4-5H,2-3,6H2,1H3. The van der Waals surface area contributed by atoms with Crippen LogP contribution >= 0.6 is 23.2 Å². The molecule has 8 heteroatoms. The Kier molecular flexibility index (Phi) is 3.82. The van der Waals surface area contributed by atoms with Crippen LogP contribution in [0.25, 0.3) is 11.0 Å². The third kappa shape index (κ3) is 2.73. The molecular weight excluding hydrogens is 318 g/mol. The van der Waals surface area contributed by atoms with E-state index in [1.54, 1.807) is 6.92 Å². The van der Waals surface area contributed by atoms with Crippen LogP contribution in [0, 0.1) is 12.7 Å². The molecule has 0 unspecified atom stereocenters. The molecule has 0 N–H and O–H groups in total. The first kappa shape index (κ1) is 14.3. The summed E-state index contributed by atoms with van der Waals surface area (Å²) >= 11 is 11.7. The van der Waals surface area contributed by atoms with Crippen molar-refractivity contribution < 1.29 is 8.91 Å². The monoisotopic (exact) mass is 328 g/mol. The molecule has 1 aromatic carbocycles. The van der Waals surface area contributed by atoms with Crippen LogP contribution in [0.5, 0.6) is 0 Å². The van der Waals surface area contributed by atoms with Crippen LogP contribution in [0.2, 0.25) is 5.02 Å². The van der Waals surface area contributed by atoms with Gasteiger partial charge in [0.25, 0.3) is 0 Å². The van der Waals surface area contributed by atoms with E-state index in [1.165, 1.54) is 12.1 Å². The van der Waals surface area contributed by atoms with Crippen LogP contribution < -0.4 is 0 Å². The van der Waals surface area contributed by atoms with Crippen molar-refractivity contribution in [3.8, 4) is 0 Å². The molecular formula is C13H11Cl2FN4O. The number of halogens is 3. The first-order valence-corrected chi connectivity index (χ1v) is 7.19. The minimum Gasteiger partial charge on any atom is -0.340 e. The molecule has 0 bridgehead atoms. The molecule has 0 aliphatic carbocycles. The molecule has 0 radical (unpaired) electrons. The van der Waals surface area contributed by atoms with Gasteiger partial charge in [-0.05, 0) is 6.07 Å².